The first-order valence-corrected chi connectivity index (χ1v) is 19.1. The number of carbonyl (C=O) groups excluding carboxylic acids is 2. The van der Waals surface area contributed by atoms with Crippen molar-refractivity contribution >= 4 is 39.5 Å². The Morgan fingerprint density at radius 2 is 1.78 bits per heavy atom. The van der Waals surface area contributed by atoms with E-state index in [2.05, 4.69) is 20.8 Å². The van der Waals surface area contributed by atoms with E-state index in [1.54, 1.807) is 7.11 Å². The first-order chi connectivity index (χ1) is 24.4. The molecule has 0 unspecified atom stereocenters. The molecule has 14 nitrogen and oxygen atoms in total. The lowest BCUT2D eigenvalue weighted by atomic mass is 9.99. The van der Waals surface area contributed by atoms with Crippen LogP contribution in [-0.4, -0.2) is 108 Å². The van der Waals surface area contributed by atoms with Gasteiger partial charge in [0.1, 0.15) is 11.0 Å². The summed E-state index contributed by atoms with van der Waals surface area (Å²) in [5, 5.41) is 42.2. The third-order valence-electron chi connectivity index (χ3n) is 8.80. The molecule has 0 saturated heterocycles. The van der Waals surface area contributed by atoms with E-state index in [1.165, 1.54) is 65.0 Å². The van der Waals surface area contributed by atoms with Crippen LogP contribution < -0.4 is 10.6 Å². The van der Waals surface area contributed by atoms with Crippen LogP contribution in [0.1, 0.15) is 54.4 Å². The molecule has 1 saturated carbocycles. The second-order valence-corrected chi connectivity index (χ2v) is 15.7. The number of benzene rings is 2. The molecule has 2 aromatic carbocycles. The van der Waals surface area contributed by atoms with Crippen molar-refractivity contribution in [2.24, 2.45) is 11.1 Å². The van der Waals surface area contributed by atoms with Gasteiger partial charge in [0.2, 0.25) is 15.9 Å². The fourth-order valence-corrected chi connectivity index (χ4v) is 8.32. The van der Waals surface area contributed by atoms with Gasteiger partial charge in [0, 0.05) is 32.6 Å². The summed E-state index contributed by atoms with van der Waals surface area (Å²) in [6.07, 6.45) is 2.36. The van der Waals surface area contributed by atoms with Crippen molar-refractivity contribution < 1.29 is 38.2 Å². The van der Waals surface area contributed by atoms with Crippen molar-refractivity contribution in [3.05, 3.63) is 81.8 Å². The summed E-state index contributed by atoms with van der Waals surface area (Å²) in [5.41, 5.74) is 1.93. The van der Waals surface area contributed by atoms with Gasteiger partial charge in [0.25, 0.3) is 0 Å². The minimum absolute atomic E-state index is 0.0139. The summed E-state index contributed by atoms with van der Waals surface area (Å²) in [7, 11) is -0.988. The summed E-state index contributed by atoms with van der Waals surface area (Å²) >= 11 is 1.40. The number of carbonyl (C=O) groups is 2. The number of thiazole rings is 1. The molecule has 1 aromatic heterocycles. The fourth-order valence-electron chi connectivity index (χ4n) is 6.03. The Kier molecular flexibility index (Phi) is 14.9. The zero-order valence-electron chi connectivity index (χ0n) is 29.1. The van der Waals surface area contributed by atoms with Crippen LogP contribution >= 0.6 is 11.3 Å². The van der Waals surface area contributed by atoms with Gasteiger partial charge in [-0.15, -0.1) is 11.3 Å². The second kappa shape index (κ2) is 19.1. The third-order valence-corrected chi connectivity index (χ3v) is 11.5. The van der Waals surface area contributed by atoms with Crippen molar-refractivity contribution in [2.45, 2.75) is 81.4 Å². The van der Waals surface area contributed by atoms with Crippen LogP contribution in [0.5, 0.6) is 0 Å². The highest BCUT2D eigenvalue weighted by atomic mass is 32.2. The van der Waals surface area contributed by atoms with Crippen LogP contribution in [0, 0.1) is 5.92 Å². The van der Waals surface area contributed by atoms with Crippen LogP contribution in [0.15, 0.2) is 70.0 Å². The number of hydrogen-bond donors (Lipinski definition) is 5. The van der Waals surface area contributed by atoms with Crippen LogP contribution in [0.25, 0.3) is 0 Å². The molecule has 0 radical (unpaired) electrons. The van der Waals surface area contributed by atoms with Gasteiger partial charge in [0.05, 0.1) is 48.2 Å². The maximum atomic E-state index is 14.0. The number of rotatable bonds is 18. The monoisotopic (exact) mass is 744 g/mol. The normalized spacial score (nSPS) is 16.2. The van der Waals surface area contributed by atoms with Gasteiger partial charge in [0.15, 0.2) is 0 Å². The van der Waals surface area contributed by atoms with E-state index in [1.807, 2.05) is 35.7 Å². The van der Waals surface area contributed by atoms with Crippen molar-refractivity contribution in [3.8, 4) is 0 Å². The number of ether oxygens (including phenoxy) is 1. The number of aliphatic hydroxyl groups excluding tert-OH is 2. The smallest absolute Gasteiger partial charge is 0.318 e. The van der Waals surface area contributed by atoms with Crippen molar-refractivity contribution in [2.75, 3.05) is 27.2 Å². The lowest BCUT2D eigenvalue weighted by Gasteiger charge is -2.32. The van der Waals surface area contributed by atoms with Crippen molar-refractivity contribution in [3.63, 3.8) is 0 Å². The number of urea groups is 1. The van der Waals surface area contributed by atoms with Gasteiger partial charge in [-0.05, 0) is 55.4 Å². The minimum atomic E-state index is -4.09. The van der Waals surface area contributed by atoms with E-state index < -0.39 is 46.3 Å². The van der Waals surface area contributed by atoms with Crippen molar-refractivity contribution in [1.29, 1.82) is 0 Å². The lowest BCUT2D eigenvalue weighted by Crippen LogP contribution is -2.59. The fraction of sp³-hybridized carbons (Fsp3) is 0.486. The summed E-state index contributed by atoms with van der Waals surface area (Å²) in [4.78, 5) is 32.7. The number of nitrogens with zero attached hydrogens (tertiary/aromatic N) is 4. The van der Waals surface area contributed by atoms with Gasteiger partial charge in [-0.25, -0.2) is 18.2 Å². The summed E-state index contributed by atoms with van der Waals surface area (Å²) in [6.45, 7) is 1.75. The number of sulfonamides is 1. The minimum Gasteiger partial charge on any atom is -0.411 e. The Morgan fingerprint density at radius 3 is 2.41 bits per heavy atom. The third kappa shape index (κ3) is 11.5. The molecule has 1 aliphatic carbocycles. The first-order valence-electron chi connectivity index (χ1n) is 16.8. The van der Waals surface area contributed by atoms with E-state index in [0.29, 0.717) is 17.9 Å². The van der Waals surface area contributed by atoms with Crippen LogP contribution in [0.2, 0.25) is 0 Å². The van der Waals surface area contributed by atoms with E-state index in [-0.39, 0.29) is 36.9 Å². The Bertz CT molecular complexity index is 1680. The number of aromatic nitrogens is 1. The molecule has 3 aromatic rings. The first kappa shape index (κ1) is 39.8. The molecule has 3 amide bonds. The van der Waals surface area contributed by atoms with E-state index in [4.69, 9.17) is 9.94 Å². The van der Waals surface area contributed by atoms with Gasteiger partial charge in [-0.2, -0.15) is 4.31 Å². The Hall–Kier alpha value is -3.93. The summed E-state index contributed by atoms with van der Waals surface area (Å²) < 4.78 is 34.4. The molecule has 1 heterocycles. The largest absolute Gasteiger partial charge is 0.411 e. The number of methoxy groups -OCH3 is 1. The van der Waals surface area contributed by atoms with Crippen molar-refractivity contribution in [1.82, 2.24) is 24.8 Å². The lowest BCUT2D eigenvalue weighted by molar-refractivity contribution is -0.127. The molecular weight excluding hydrogens is 697 g/mol. The molecule has 5 N–H and O–H groups in total. The van der Waals surface area contributed by atoms with Crippen LogP contribution in [0.3, 0.4) is 0 Å². The van der Waals surface area contributed by atoms with Gasteiger partial charge >= 0.3 is 6.03 Å². The molecule has 16 heteroatoms. The molecule has 278 valence electrons. The highest BCUT2D eigenvalue weighted by Crippen LogP contribution is 2.28. The van der Waals surface area contributed by atoms with Gasteiger partial charge in [-0.1, -0.05) is 60.5 Å². The molecule has 1 aliphatic rings. The zero-order chi connectivity index (χ0) is 37.0. The predicted octanol–water partition coefficient (Wildman–Crippen LogP) is 2.96. The molecule has 4 rings (SSSR count). The van der Waals surface area contributed by atoms with E-state index in [0.717, 1.165) is 36.3 Å². The standard InChI is InChI=1S/C35H48N6O8S2/c1-24(42)33(39-35(45)40(2)20-28-23-50-32(37-28)22-49-3)34(44)38-30(17-25-9-5-4-6-10-25)31(43)21-41(19-27-11-7-8-12-27)51(47,48)29-15-13-26(14-16-29)18-36-46/h4-6,9-10,13-16,18,23-24,27,30-31,33,42-43,46H,7-8,11-12,17,19-22H2,1-3H3,(H,38,44)(H,39,45)/t24-,30-,31-,33-/m0/s1. The molecular formula is C35H48N6O8S2. The van der Waals surface area contributed by atoms with Gasteiger partial charge in [-0.3, -0.25) is 4.79 Å². The molecule has 0 spiro atoms. The molecule has 0 bridgehead atoms. The quantitative estimate of drug-likeness (QED) is 0.0740. The number of aliphatic hydroxyl groups is 2. The molecule has 51 heavy (non-hydrogen) atoms. The molecule has 1 fully saturated rings. The Morgan fingerprint density at radius 1 is 1.10 bits per heavy atom. The molecule has 4 atom stereocenters. The number of oxime groups is 1. The SMILES string of the molecule is COCc1nc(CN(C)C(=O)N[C@H](C(=O)N[C@@H](Cc2ccccc2)[C@@H](O)CN(CC2CCCC2)S(=O)(=O)c2ccc(C=NO)cc2)[C@H](C)O)cs1. The number of amides is 3. The van der Waals surface area contributed by atoms with E-state index >= 15 is 0 Å². The van der Waals surface area contributed by atoms with Gasteiger partial charge < -0.3 is 35.7 Å². The van der Waals surface area contributed by atoms with Crippen LogP contribution in [0.4, 0.5) is 4.79 Å². The average molecular weight is 745 g/mol. The Labute approximate surface area is 303 Å². The number of nitrogens with one attached hydrogen (secondary N) is 2. The number of hydrogen-bond acceptors (Lipinski definition) is 11. The summed E-state index contributed by atoms with van der Waals surface area (Å²) in [5.74, 6) is -0.633. The zero-order valence-corrected chi connectivity index (χ0v) is 30.7. The highest BCUT2D eigenvalue weighted by Gasteiger charge is 2.35. The average Bonchev–Trinajstić information content (AvgIpc) is 3.79. The second-order valence-electron chi connectivity index (χ2n) is 12.8. The van der Waals surface area contributed by atoms with Crippen LogP contribution in [-0.2, 0) is 39.1 Å². The summed E-state index contributed by atoms with van der Waals surface area (Å²) in [6, 6.07) is 12.0. The highest BCUT2D eigenvalue weighted by molar-refractivity contribution is 7.89. The van der Waals surface area contributed by atoms with E-state index in [9.17, 15) is 28.2 Å². The maximum Gasteiger partial charge on any atom is 0.318 e. The maximum absolute atomic E-state index is 14.0. The molecule has 0 aliphatic heterocycles. The predicted molar refractivity (Wildman–Crippen MR) is 193 cm³/mol. The topological polar surface area (TPSA) is 194 Å². The Balaban J connectivity index is 1.54.